The van der Waals surface area contributed by atoms with E-state index in [9.17, 15) is 13.2 Å². The van der Waals surface area contributed by atoms with E-state index in [2.05, 4.69) is 20.1 Å². The molecule has 2 rings (SSSR count). The lowest BCUT2D eigenvalue weighted by Crippen LogP contribution is -2.39. The number of alkyl halides is 3. The van der Waals surface area contributed by atoms with Gasteiger partial charge in [0.25, 0.3) is 0 Å². The third-order valence-corrected chi connectivity index (χ3v) is 2.75. The Bertz CT molecular complexity index is 379. The summed E-state index contributed by atoms with van der Waals surface area (Å²) in [6.07, 6.45) is -0.982. The van der Waals surface area contributed by atoms with Crippen molar-refractivity contribution in [2.24, 2.45) is 0 Å². The van der Waals surface area contributed by atoms with Crippen LogP contribution in [0.4, 0.5) is 13.2 Å². The molecular weight excluding hydrogens is 249 g/mol. The highest BCUT2D eigenvalue weighted by atomic mass is 19.4. The molecule has 18 heavy (non-hydrogen) atoms. The number of nitrogens with one attached hydrogen (secondary N) is 1. The number of halogens is 3. The van der Waals surface area contributed by atoms with E-state index in [-0.39, 0.29) is 12.6 Å². The van der Waals surface area contributed by atoms with Crippen molar-refractivity contribution in [3.05, 3.63) is 12.2 Å². The second-order valence-electron chi connectivity index (χ2n) is 4.22. The van der Waals surface area contributed by atoms with Crippen molar-refractivity contribution in [2.75, 3.05) is 19.8 Å². The van der Waals surface area contributed by atoms with Crippen LogP contribution in [0.15, 0.2) is 6.33 Å². The van der Waals surface area contributed by atoms with E-state index < -0.39 is 12.8 Å². The number of aromatic nitrogens is 3. The molecule has 0 saturated heterocycles. The number of hydrogen-bond donors (Lipinski definition) is 1. The van der Waals surface area contributed by atoms with E-state index in [1.807, 2.05) is 4.68 Å². The van der Waals surface area contributed by atoms with Crippen molar-refractivity contribution < 1.29 is 17.9 Å². The molecule has 1 aliphatic rings. The van der Waals surface area contributed by atoms with Crippen molar-refractivity contribution >= 4 is 0 Å². The molecular formula is C10H15F3N4O. The maximum absolute atomic E-state index is 11.8. The fourth-order valence-corrected chi connectivity index (χ4v) is 1.93. The molecule has 0 bridgehead atoms. The summed E-state index contributed by atoms with van der Waals surface area (Å²) in [5.74, 6) is 0.960. The third kappa shape index (κ3) is 3.95. The maximum Gasteiger partial charge on any atom is 0.411 e. The molecule has 0 radical (unpaired) electrons. The summed E-state index contributed by atoms with van der Waals surface area (Å²) >= 11 is 0. The summed E-state index contributed by atoms with van der Waals surface area (Å²) in [5, 5.41) is 7.23. The van der Waals surface area contributed by atoms with Crippen LogP contribution < -0.4 is 5.32 Å². The minimum absolute atomic E-state index is 0.0558. The van der Waals surface area contributed by atoms with Gasteiger partial charge in [-0.1, -0.05) is 0 Å². The highest BCUT2D eigenvalue weighted by Crippen LogP contribution is 2.14. The number of rotatable bonds is 5. The lowest BCUT2D eigenvalue weighted by atomic mass is 10.1. The van der Waals surface area contributed by atoms with Crippen LogP contribution in [0.2, 0.25) is 0 Å². The van der Waals surface area contributed by atoms with Gasteiger partial charge in [0.1, 0.15) is 18.8 Å². The van der Waals surface area contributed by atoms with E-state index >= 15 is 0 Å². The summed E-state index contributed by atoms with van der Waals surface area (Å²) in [6, 6.07) is 0.216. The summed E-state index contributed by atoms with van der Waals surface area (Å²) < 4.78 is 41.7. The maximum atomic E-state index is 11.8. The van der Waals surface area contributed by atoms with E-state index in [0.29, 0.717) is 13.1 Å². The third-order valence-electron chi connectivity index (χ3n) is 2.75. The molecule has 0 amide bonds. The number of hydrogen-bond acceptors (Lipinski definition) is 4. The van der Waals surface area contributed by atoms with Crippen molar-refractivity contribution in [1.82, 2.24) is 20.1 Å². The highest BCUT2D eigenvalue weighted by molar-refractivity contribution is 4.92. The van der Waals surface area contributed by atoms with Gasteiger partial charge in [0.2, 0.25) is 0 Å². The zero-order valence-electron chi connectivity index (χ0n) is 9.78. The predicted molar refractivity (Wildman–Crippen MR) is 57.0 cm³/mol. The van der Waals surface area contributed by atoms with Gasteiger partial charge in [0.05, 0.1) is 13.2 Å². The minimum atomic E-state index is -4.25. The number of fused-ring (bicyclic) bond motifs is 1. The van der Waals surface area contributed by atoms with Crippen LogP contribution in [-0.4, -0.2) is 46.7 Å². The molecule has 0 unspecified atom stereocenters. The van der Waals surface area contributed by atoms with Crippen molar-refractivity contribution in [1.29, 1.82) is 0 Å². The van der Waals surface area contributed by atoms with E-state index in [0.717, 1.165) is 18.7 Å². The second-order valence-corrected chi connectivity index (χ2v) is 4.22. The molecule has 2 heterocycles. The zero-order valence-corrected chi connectivity index (χ0v) is 9.78. The summed E-state index contributed by atoms with van der Waals surface area (Å²) in [5.41, 5.74) is 0. The molecule has 0 fully saturated rings. The quantitative estimate of drug-likeness (QED) is 0.798. The fourth-order valence-electron chi connectivity index (χ4n) is 1.93. The SMILES string of the molecule is FC(F)(F)COCCN[C@H]1CCc2ncnn2C1. The molecule has 0 spiro atoms. The minimum Gasteiger partial charge on any atom is -0.371 e. The van der Waals surface area contributed by atoms with Gasteiger partial charge in [0, 0.05) is 19.0 Å². The summed E-state index contributed by atoms with van der Waals surface area (Å²) in [4.78, 5) is 4.10. The molecule has 1 N–H and O–H groups in total. The number of aryl methyl sites for hydroxylation is 1. The lowest BCUT2D eigenvalue weighted by molar-refractivity contribution is -0.173. The first-order valence-electron chi connectivity index (χ1n) is 5.79. The van der Waals surface area contributed by atoms with Gasteiger partial charge >= 0.3 is 6.18 Å². The molecule has 0 aromatic carbocycles. The van der Waals surface area contributed by atoms with Crippen LogP contribution in [0.1, 0.15) is 12.2 Å². The van der Waals surface area contributed by atoms with Crippen LogP contribution in [-0.2, 0) is 17.7 Å². The summed E-state index contributed by atoms with van der Waals surface area (Å²) in [6.45, 7) is -0.0217. The number of nitrogens with zero attached hydrogens (tertiary/aromatic N) is 3. The van der Waals surface area contributed by atoms with Crippen LogP contribution in [0.25, 0.3) is 0 Å². The van der Waals surface area contributed by atoms with E-state index in [1.165, 1.54) is 6.33 Å². The Labute approximate surface area is 102 Å². The van der Waals surface area contributed by atoms with Crippen molar-refractivity contribution in [3.63, 3.8) is 0 Å². The largest absolute Gasteiger partial charge is 0.411 e. The molecule has 1 aromatic heterocycles. The number of ether oxygens (including phenoxy) is 1. The van der Waals surface area contributed by atoms with Gasteiger partial charge in [-0.2, -0.15) is 18.3 Å². The average molecular weight is 264 g/mol. The topological polar surface area (TPSA) is 52.0 Å². The molecule has 0 aliphatic carbocycles. The van der Waals surface area contributed by atoms with Crippen molar-refractivity contribution in [3.8, 4) is 0 Å². The monoisotopic (exact) mass is 264 g/mol. The second kappa shape index (κ2) is 5.66. The van der Waals surface area contributed by atoms with Crippen molar-refractivity contribution in [2.45, 2.75) is 31.6 Å². The molecule has 1 aliphatic heterocycles. The molecule has 5 nitrogen and oxygen atoms in total. The van der Waals surface area contributed by atoms with Crippen LogP contribution in [0, 0.1) is 0 Å². The van der Waals surface area contributed by atoms with Gasteiger partial charge in [-0.05, 0) is 6.42 Å². The van der Waals surface area contributed by atoms with E-state index in [4.69, 9.17) is 0 Å². The Morgan fingerprint density at radius 2 is 2.33 bits per heavy atom. The standard InChI is InChI=1S/C10H15F3N4O/c11-10(12,13)6-18-4-3-14-8-1-2-9-15-7-16-17(9)5-8/h7-8,14H,1-6H2/t8-/m0/s1. The smallest absolute Gasteiger partial charge is 0.371 e. The van der Waals surface area contributed by atoms with Crippen LogP contribution in [0.3, 0.4) is 0 Å². The van der Waals surface area contributed by atoms with Gasteiger partial charge < -0.3 is 10.1 Å². The first kappa shape index (κ1) is 13.3. The van der Waals surface area contributed by atoms with Gasteiger partial charge in [0.15, 0.2) is 0 Å². The van der Waals surface area contributed by atoms with Gasteiger partial charge in [-0.25, -0.2) is 9.67 Å². The normalized spacial score (nSPS) is 19.8. The first-order valence-corrected chi connectivity index (χ1v) is 5.79. The molecule has 0 saturated carbocycles. The highest BCUT2D eigenvalue weighted by Gasteiger charge is 2.27. The summed E-state index contributed by atoms with van der Waals surface area (Å²) in [7, 11) is 0. The fraction of sp³-hybridized carbons (Fsp3) is 0.800. The molecule has 8 heteroatoms. The Kier molecular flexibility index (Phi) is 4.18. The zero-order chi connectivity index (χ0) is 13.0. The average Bonchev–Trinajstić information content (AvgIpc) is 2.74. The molecule has 102 valence electrons. The molecule has 1 aromatic rings. The van der Waals surface area contributed by atoms with Gasteiger partial charge in [-0.3, -0.25) is 0 Å². The van der Waals surface area contributed by atoms with Gasteiger partial charge in [-0.15, -0.1) is 0 Å². The first-order chi connectivity index (χ1) is 8.54. The predicted octanol–water partition coefficient (Wildman–Crippen LogP) is 0.761. The Hall–Kier alpha value is -1.15. The van der Waals surface area contributed by atoms with Crippen LogP contribution >= 0.6 is 0 Å². The molecule has 1 atom stereocenters. The Morgan fingerprint density at radius 3 is 3.11 bits per heavy atom. The Morgan fingerprint density at radius 1 is 1.50 bits per heavy atom. The Balaban J connectivity index is 1.61. The van der Waals surface area contributed by atoms with Crippen LogP contribution in [0.5, 0.6) is 0 Å². The van der Waals surface area contributed by atoms with E-state index in [1.54, 1.807) is 0 Å². The lowest BCUT2D eigenvalue weighted by Gasteiger charge is -2.23.